The van der Waals surface area contributed by atoms with Gasteiger partial charge in [0.15, 0.2) is 0 Å². The number of fused-ring (bicyclic) bond motifs is 1. The maximum Gasteiger partial charge on any atom is 0.0541 e. The molecule has 0 fully saturated rings. The van der Waals surface area contributed by atoms with E-state index in [1.807, 2.05) is 24.4 Å². The van der Waals surface area contributed by atoms with Gasteiger partial charge in [0.2, 0.25) is 0 Å². The Morgan fingerprint density at radius 2 is 1.86 bits per heavy atom. The number of rotatable bonds is 5. The number of aromatic nitrogens is 2. The van der Waals surface area contributed by atoms with Crippen molar-refractivity contribution in [3.63, 3.8) is 0 Å². The normalized spacial score (nSPS) is 11.4. The summed E-state index contributed by atoms with van der Waals surface area (Å²) in [6.07, 6.45) is 4.10. The van der Waals surface area contributed by atoms with Crippen LogP contribution in [0.25, 0.3) is 10.9 Å². The molecule has 21 heavy (non-hydrogen) atoms. The summed E-state index contributed by atoms with van der Waals surface area (Å²) in [5.41, 5.74) is 3.72. The highest BCUT2D eigenvalue weighted by molar-refractivity contribution is 5.84. The predicted octanol–water partition coefficient (Wildman–Crippen LogP) is 3.91. The Labute approximate surface area is 125 Å². The van der Waals surface area contributed by atoms with Crippen molar-refractivity contribution < 1.29 is 0 Å². The number of benzene rings is 1. The maximum atomic E-state index is 4.34. The molecule has 0 unspecified atom stereocenters. The number of pyridine rings is 1. The van der Waals surface area contributed by atoms with Crippen molar-refractivity contribution in [2.24, 2.45) is 0 Å². The van der Waals surface area contributed by atoms with Crippen molar-refractivity contribution in [3.05, 3.63) is 66.1 Å². The van der Waals surface area contributed by atoms with Crippen molar-refractivity contribution in [2.75, 3.05) is 0 Å². The molecule has 108 valence electrons. The highest BCUT2D eigenvalue weighted by Crippen LogP contribution is 2.24. The molecule has 0 aliphatic heterocycles. The van der Waals surface area contributed by atoms with Crippen molar-refractivity contribution in [2.45, 2.75) is 33.0 Å². The Kier molecular flexibility index (Phi) is 4.02. The van der Waals surface area contributed by atoms with Crippen LogP contribution in [0.1, 0.15) is 31.1 Å². The van der Waals surface area contributed by atoms with Gasteiger partial charge in [0.05, 0.1) is 5.69 Å². The van der Waals surface area contributed by atoms with Gasteiger partial charge in [-0.2, -0.15) is 0 Å². The van der Waals surface area contributed by atoms with Gasteiger partial charge in [-0.25, -0.2) is 0 Å². The first-order valence-corrected chi connectivity index (χ1v) is 7.45. The Bertz CT molecular complexity index is 714. The van der Waals surface area contributed by atoms with Crippen LogP contribution in [0.4, 0.5) is 0 Å². The van der Waals surface area contributed by atoms with E-state index in [1.54, 1.807) is 0 Å². The molecule has 3 aromatic rings. The first-order valence-electron chi connectivity index (χ1n) is 7.45. The summed E-state index contributed by atoms with van der Waals surface area (Å²) in [6.45, 7) is 6.09. The zero-order chi connectivity index (χ0) is 14.7. The molecule has 0 amide bonds. The predicted molar refractivity (Wildman–Crippen MR) is 87.1 cm³/mol. The molecule has 0 atom stereocenters. The van der Waals surface area contributed by atoms with Gasteiger partial charge in [-0.1, -0.05) is 24.3 Å². The zero-order valence-corrected chi connectivity index (χ0v) is 12.6. The average molecular weight is 279 g/mol. The van der Waals surface area contributed by atoms with Crippen LogP contribution < -0.4 is 5.32 Å². The van der Waals surface area contributed by atoms with E-state index >= 15 is 0 Å². The van der Waals surface area contributed by atoms with Crippen molar-refractivity contribution >= 4 is 10.9 Å². The van der Waals surface area contributed by atoms with Crippen LogP contribution in [-0.2, 0) is 13.1 Å². The number of nitrogens with zero attached hydrogens (tertiary/aromatic N) is 2. The Balaban J connectivity index is 1.78. The molecule has 0 saturated heterocycles. The van der Waals surface area contributed by atoms with Crippen LogP contribution in [0.3, 0.4) is 0 Å². The molecule has 0 saturated carbocycles. The van der Waals surface area contributed by atoms with Gasteiger partial charge in [0.25, 0.3) is 0 Å². The van der Waals surface area contributed by atoms with Gasteiger partial charge in [-0.3, -0.25) is 4.98 Å². The largest absolute Gasteiger partial charge is 0.345 e. The zero-order valence-electron chi connectivity index (χ0n) is 12.6. The number of para-hydroxylation sites is 1. The van der Waals surface area contributed by atoms with Gasteiger partial charge in [-0.05, 0) is 37.6 Å². The van der Waals surface area contributed by atoms with Gasteiger partial charge in [-0.15, -0.1) is 0 Å². The van der Waals surface area contributed by atoms with Crippen LogP contribution in [0.5, 0.6) is 0 Å². The van der Waals surface area contributed by atoms with Gasteiger partial charge >= 0.3 is 0 Å². The third-order valence-corrected chi connectivity index (χ3v) is 3.73. The van der Waals surface area contributed by atoms with Gasteiger partial charge in [0, 0.05) is 42.4 Å². The van der Waals surface area contributed by atoms with Gasteiger partial charge in [0.1, 0.15) is 0 Å². The highest BCUT2D eigenvalue weighted by Gasteiger charge is 2.09. The Hall–Kier alpha value is -2.13. The summed E-state index contributed by atoms with van der Waals surface area (Å²) in [4.78, 5) is 4.34. The lowest BCUT2D eigenvalue weighted by Crippen LogP contribution is -2.13. The molecule has 1 aromatic carbocycles. The fourth-order valence-corrected chi connectivity index (χ4v) is 2.67. The second kappa shape index (κ2) is 6.10. The fraction of sp³-hybridized carbons (Fsp3) is 0.278. The lowest BCUT2D eigenvalue weighted by Gasteiger charge is -2.08. The molecule has 0 radical (unpaired) electrons. The molecule has 3 nitrogen and oxygen atoms in total. The molecule has 0 bridgehead atoms. The molecule has 0 spiro atoms. The maximum absolute atomic E-state index is 4.34. The molecule has 1 N–H and O–H groups in total. The van der Waals surface area contributed by atoms with E-state index in [-0.39, 0.29) is 0 Å². The smallest absolute Gasteiger partial charge is 0.0541 e. The molecule has 2 aromatic heterocycles. The first-order chi connectivity index (χ1) is 10.3. The van der Waals surface area contributed by atoms with Crippen LogP contribution in [0, 0.1) is 0 Å². The van der Waals surface area contributed by atoms with Crippen molar-refractivity contribution in [1.29, 1.82) is 0 Å². The fourth-order valence-electron chi connectivity index (χ4n) is 2.67. The van der Waals surface area contributed by atoms with E-state index in [4.69, 9.17) is 0 Å². The summed E-state index contributed by atoms with van der Waals surface area (Å²) in [5, 5.41) is 4.82. The second-order valence-electron chi connectivity index (χ2n) is 5.60. The molecular weight excluding hydrogens is 258 g/mol. The van der Waals surface area contributed by atoms with Crippen LogP contribution in [-0.4, -0.2) is 9.55 Å². The average Bonchev–Trinajstić information content (AvgIpc) is 2.88. The lowest BCUT2D eigenvalue weighted by atomic mass is 10.2. The number of nitrogens with one attached hydrogen (secondary N) is 1. The monoisotopic (exact) mass is 279 g/mol. The van der Waals surface area contributed by atoms with E-state index in [0.29, 0.717) is 6.04 Å². The molecular formula is C18H21N3. The van der Waals surface area contributed by atoms with Gasteiger partial charge < -0.3 is 9.88 Å². The van der Waals surface area contributed by atoms with Crippen molar-refractivity contribution in [1.82, 2.24) is 14.9 Å². The van der Waals surface area contributed by atoms with E-state index in [2.05, 4.69) is 59.2 Å². The number of hydrogen-bond donors (Lipinski definition) is 1. The quantitative estimate of drug-likeness (QED) is 0.767. The number of hydrogen-bond acceptors (Lipinski definition) is 2. The van der Waals surface area contributed by atoms with E-state index in [1.165, 1.54) is 16.5 Å². The van der Waals surface area contributed by atoms with E-state index in [9.17, 15) is 0 Å². The third kappa shape index (κ3) is 2.98. The minimum Gasteiger partial charge on any atom is -0.345 e. The highest BCUT2D eigenvalue weighted by atomic mass is 15.0. The first kappa shape index (κ1) is 13.8. The molecule has 0 aliphatic rings. The second-order valence-corrected chi connectivity index (χ2v) is 5.60. The topological polar surface area (TPSA) is 29.9 Å². The standard InChI is InChI=1S/C18H21N3/c1-14(2)21-13-15(17-8-3-4-9-18(17)21)11-19-12-16-7-5-6-10-20-16/h3-10,13-14,19H,11-12H2,1-2H3. The summed E-state index contributed by atoms with van der Waals surface area (Å²) in [6, 6.07) is 15.1. The molecule has 0 aliphatic carbocycles. The molecule has 3 heteroatoms. The van der Waals surface area contributed by atoms with Crippen LogP contribution in [0.2, 0.25) is 0 Å². The third-order valence-electron chi connectivity index (χ3n) is 3.73. The summed E-state index contributed by atoms with van der Waals surface area (Å²) >= 11 is 0. The van der Waals surface area contributed by atoms with Crippen molar-refractivity contribution in [3.8, 4) is 0 Å². The van der Waals surface area contributed by atoms with Crippen LogP contribution >= 0.6 is 0 Å². The summed E-state index contributed by atoms with van der Waals surface area (Å²) in [7, 11) is 0. The molecule has 2 heterocycles. The minimum atomic E-state index is 0.472. The molecule has 3 rings (SSSR count). The van der Waals surface area contributed by atoms with E-state index < -0.39 is 0 Å². The van der Waals surface area contributed by atoms with Crippen LogP contribution in [0.15, 0.2) is 54.9 Å². The lowest BCUT2D eigenvalue weighted by molar-refractivity contribution is 0.616. The summed E-state index contributed by atoms with van der Waals surface area (Å²) < 4.78 is 2.34. The SMILES string of the molecule is CC(C)n1cc(CNCc2ccccn2)c2ccccc21. The minimum absolute atomic E-state index is 0.472. The Morgan fingerprint density at radius 3 is 2.62 bits per heavy atom. The summed E-state index contributed by atoms with van der Waals surface area (Å²) in [5.74, 6) is 0. The Morgan fingerprint density at radius 1 is 1.05 bits per heavy atom. The van der Waals surface area contributed by atoms with E-state index in [0.717, 1.165) is 18.8 Å².